The van der Waals surface area contributed by atoms with Crippen molar-refractivity contribution in [1.82, 2.24) is 0 Å². The van der Waals surface area contributed by atoms with Gasteiger partial charge in [0.1, 0.15) is 5.75 Å². The molecule has 2 aliphatic carbocycles. The molecule has 1 aliphatic heterocycles. The number of nitrogens with zero attached hydrogens (tertiary/aromatic N) is 1. The Bertz CT molecular complexity index is 1510. The fraction of sp³-hybridized carbons (Fsp3) is 0.618. The van der Waals surface area contributed by atoms with Crippen molar-refractivity contribution in [2.45, 2.75) is 84.2 Å². The van der Waals surface area contributed by atoms with E-state index >= 15 is 0 Å². The second kappa shape index (κ2) is 12.1. The number of primary sulfonamides is 1. The molecule has 3 aliphatic rings. The number of aliphatic hydroxyl groups is 1. The number of carbonyl (C=O) groups is 1. The van der Waals surface area contributed by atoms with Crippen LogP contribution in [0.15, 0.2) is 36.4 Å². The topological polar surface area (TPSA) is 130 Å². The van der Waals surface area contributed by atoms with Gasteiger partial charge in [-0.2, -0.15) is 0 Å². The number of aryl methyl sites for hydroxylation is 1. The van der Waals surface area contributed by atoms with E-state index in [-0.39, 0.29) is 34.0 Å². The van der Waals surface area contributed by atoms with E-state index < -0.39 is 27.5 Å². The molecule has 8 nitrogen and oxygen atoms in total. The molecule has 1 spiro atoms. The summed E-state index contributed by atoms with van der Waals surface area (Å²) >= 11 is 6.39. The van der Waals surface area contributed by atoms with E-state index in [1.54, 1.807) is 18.2 Å². The lowest BCUT2D eigenvalue weighted by Gasteiger charge is -2.53. The molecule has 242 valence electrons. The number of benzene rings is 2. The molecule has 3 unspecified atom stereocenters. The third kappa shape index (κ3) is 7.06. The number of aromatic carboxylic acids is 1. The number of anilines is 1. The number of aliphatic hydroxyl groups excluding tert-OH is 1. The van der Waals surface area contributed by atoms with Crippen molar-refractivity contribution in [3.8, 4) is 5.75 Å². The van der Waals surface area contributed by atoms with Crippen molar-refractivity contribution in [2.24, 2.45) is 27.8 Å². The fourth-order valence-corrected chi connectivity index (χ4v) is 9.93. The average Bonchev–Trinajstić information content (AvgIpc) is 3.03. The number of hydrogen-bond acceptors (Lipinski definition) is 6. The molecule has 0 saturated heterocycles. The SMILES string of the molecule is CC(CC(O)[C@@H]1CCC1(C)CN1C[C@@]2(CCCc3cc(Cl)ccc32)COc2ccc(C(=O)O)cc21)CC(C)(C)CS(N)(=O)=O. The van der Waals surface area contributed by atoms with Crippen LogP contribution in [-0.4, -0.2) is 56.2 Å². The zero-order valence-corrected chi connectivity index (χ0v) is 27.9. The van der Waals surface area contributed by atoms with Crippen LogP contribution in [0, 0.1) is 22.7 Å². The van der Waals surface area contributed by atoms with Crippen molar-refractivity contribution in [3.05, 3.63) is 58.1 Å². The van der Waals surface area contributed by atoms with E-state index in [0.29, 0.717) is 38.3 Å². The Morgan fingerprint density at radius 1 is 1.23 bits per heavy atom. The van der Waals surface area contributed by atoms with Crippen LogP contribution in [0.25, 0.3) is 0 Å². The van der Waals surface area contributed by atoms with Crippen LogP contribution in [0.4, 0.5) is 5.69 Å². The summed E-state index contributed by atoms with van der Waals surface area (Å²) in [6.45, 7) is 9.94. The van der Waals surface area contributed by atoms with Crippen LogP contribution in [0.2, 0.25) is 5.02 Å². The fourth-order valence-electron chi connectivity index (χ4n) is 8.52. The molecule has 0 bridgehead atoms. The highest BCUT2D eigenvalue weighted by molar-refractivity contribution is 7.89. The van der Waals surface area contributed by atoms with Gasteiger partial charge in [-0.05, 0) is 109 Å². The van der Waals surface area contributed by atoms with E-state index in [9.17, 15) is 23.4 Å². The van der Waals surface area contributed by atoms with Crippen LogP contribution in [0.1, 0.15) is 87.7 Å². The van der Waals surface area contributed by atoms with Crippen molar-refractivity contribution in [2.75, 3.05) is 30.3 Å². The van der Waals surface area contributed by atoms with Crippen molar-refractivity contribution < 1.29 is 28.2 Å². The van der Waals surface area contributed by atoms with E-state index in [4.69, 9.17) is 21.5 Å². The van der Waals surface area contributed by atoms with Gasteiger partial charge < -0.3 is 19.8 Å². The number of carboxylic acid groups (broad SMARTS) is 1. The second-order valence-corrected chi connectivity index (χ2v) is 17.0. The Hall–Kier alpha value is -2.33. The van der Waals surface area contributed by atoms with Crippen LogP contribution in [0.3, 0.4) is 0 Å². The number of fused-ring (bicyclic) bond motifs is 3. The number of halogens is 1. The van der Waals surface area contributed by atoms with Gasteiger partial charge in [0.05, 0.1) is 29.7 Å². The molecular weight excluding hydrogens is 600 g/mol. The minimum absolute atomic E-state index is 0.0648. The summed E-state index contributed by atoms with van der Waals surface area (Å²) < 4.78 is 30.0. The molecule has 2 aromatic rings. The number of ether oxygens (including phenoxy) is 1. The van der Waals surface area contributed by atoms with E-state index in [1.165, 1.54) is 11.1 Å². The Labute approximate surface area is 267 Å². The maximum atomic E-state index is 12.0. The first-order valence-corrected chi connectivity index (χ1v) is 17.8. The lowest BCUT2D eigenvalue weighted by atomic mass is 9.57. The van der Waals surface area contributed by atoms with Crippen LogP contribution >= 0.6 is 11.6 Å². The van der Waals surface area contributed by atoms with Crippen LogP contribution in [-0.2, 0) is 21.9 Å². The van der Waals surface area contributed by atoms with Crippen LogP contribution in [0.5, 0.6) is 5.75 Å². The number of hydrogen-bond donors (Lipinski definition) is 3. The predicted molar refractivity (Wildman–Crippen MR) is 174 cm³/mol. The molecule has 1 heterocycles. The highest BCUT2D eigenvalue weighted by Gasteiger charge is 2.50. The summed E-state index contributed by atoms with van der Waals surface area (Å²) in [4.78, 5) is 14.3. The molecule has 4 N–H and O–H groups in total. The van der Waals surface area contributed by atoms with Gasteiger partial charge in [0.25, 0.3) is 0 Å². The molecule has 2 aromatic carbocycles. The zero-order chi connectivity index (χ0) is 32.1. The van der Waals surface area contributed by atoms with Crippen LogP contribution < -0.4 is 14.8 Å². The first-order chi connectivity index (χ1) is 20.5. The van der Waals surface area contributed by atoms with E-state index in [0.717, 1.165) is 42.8 Å². The number of rotatable bonds is 10. The molecule has 5 rings (SSSR count). The molecule has 5 atom stereocenters. The minimum atomic E-state index is -3.59. The zero-order valence-electron chi connectivity index (χ0n) is 26.3. The molecule has 0 aromatic heterocycles. The average molecular weight is 647 g/mol. The molecule has 1 fully saturated rings. The van der Waals surface area contributed by atoms with Gasteiger partial charge in [0.2, 0.25) is 10.0 Å². The van der Waals surface area contributed by atoms with Gasteiger partial charge in [0, 0.05) is 23.5 Å². The predicted octanol–water partition coefficient (Wildman–Crippen LogP) is 6.02. The van der Waals surface area contributed by atoms with Gasteiger partial charge in [-0.3, -0.25) is 0 Å². The monoisotopic (exact) mass is 646 g/mol. The minimum Gasteiger partial charge on any atom is -0.490 e. The second-order valence-electron chi connectivity index (χ2n) is 15.0. The number of nitrogens with two attached hydrogens (primary N) is 1. The smallest absolute Gasteiger partial charge is 0.335 e. The molecule has 0 amide bonds. The van der Waals surface area contributed by atoms with Gasteiger partial charge in [0.15, 0.2) is 0 Å². The Morgan fingerprint density at radius 2 is 1.98 bits per heavy atom. The maximum Gasteiger partial charge on any atom is 0.335 e. The third-order valence-electron chi connectivity index (χ3n) is 10.4. The lowest BCUT2D eigenvalue weighted by Crippen LogP contribution is -2.54. The summed E-state index contributed by atoms with van der Waals surface area (Å²) in [7, 11) is -3.59. The van der Waals surface area contributed by atoms with Gasteiger partial charge in [-0.15, -0.1) is 0 Å². The highest BCUT2D eigenvalue weighted by atomic mass is 35.5. The van der Waals surface area contributed by atoms with Gasteiger partial charge in [-0.25, -0.2) is 18.4 Å². The molecular formula is C34H47ClN2O6S. The first-order valence-electron chi connectivity index (χ1n) is 15.7. The third-order valence-corrected chi connectivity index (χ3v) is 11.8. The summed E-state index contributed by atoms with van der Waals surface area (Å²) in [5, 5.41) is 27.4. The largest absolute Gasteiger partial charge is 0.490 e. The number of carboxylic acids is 1. The van der Waals surface area contributed by atoms with Gasteiger partial charge in [-0.1, -0.05) is 45.4 Å². The Kier molecular flexibility index (Phi) is 9.10. The normalized spacial score (nSPS) is 26.5. The maximum absolute atomic E-state index is 12.0. The lowest BCUT2D eigenvalue weighted by molar-refractivity contribution is -0.0565. The van der Waals surface area contributed by atoms with Crippen molar-refractivity contribution in [1.29, 1.82) is 0 Å². The van der Waals surface area contributed by atoms with Crippen molar-refractivity contribution in [3.63, 3.8) is 0 Å². The van der Waals surface area contributed by atoms with Gasteiger partial charge >= 0.3 is 5.97 Å². The summed E-state index contributed by atoms with van der Waals surface area (Å²) in [6.07, 6.45) is 5.47. The van der Waals surface area contributed by atoms with Crippen molar-refractivity contribution >= 4 is 33.3 Å². The van der Waals surface area contributed by atoms with E-state index in [2.05, 4.69) is 30.9 Å². The summed E-state index contributed by atoms with van der Waals surface area (Å²) in [6, 6.07) is 11.2. The molecule has 0 radical (unpaired) electrons. The molecule has 44 heavy (non-hydrogen) atoms. The standard InChI is InChI=1S/C34H47ClN2O6S/c1-22(17-32(2,3)21-44(36,41)42)14-29(38)27-11-13-33(27,4)18-37-19-34(12-5-6-23-15-25(35)8-9-26(23)34)20-43-30-10-7-24(31(39)40)16-28(30)37/h7-10,15-16,22,27,29,38H,5-6,11-14,17-21H2,1-4H3,(H,39,40)(H2,36,41,42)/t22?,27-,29?,33?,34-/m0/s1. The summed E-state index contributed by atoms with van der Waals surface area (Å²) in [5.41, 5.74) is 2.52. The Balaban J connectivity index is 1.41. The van der Waals surface area contributed by atoms with E-state index in [1.807, 2.05) is 19.9 Å². The highest BCUT2D eigenvalue weighted by Crippen LogP contribution is 2.52. The molecule has 10 heteroatoms. The first kappa shape index (κ1) is 33.0. The molecule has 1 saturated carbocycles. The summed E-state index contributed by atoms with van der Waals surface area (Å²) in [5.74, 6) is -0.209. The Morgan fingerprint density at radius 3 is 2.64 bits per heavy atom. The number of sulfonamides is 1. The quantitative estimate of drug-likeness (QED) is 0.288.